The number of sulfonamides is 1. The largest absolute Gasteiger partial charge is 0.345 e. The number of nitro groups is 1. The standard InChI is InChI=1S/C16H16ClN3O5S/c1-10-5-4-6-14(20(22)23)15(10)26(24,25)18-13-9-11(17)7-8-12(13)16(21)19(2)3/h4-9,18H,1-3H3. The van der Waals surface area contributed by atoms with Crippen molar-refractivity contribution >= 4 is 38.9 Å². The smallest absolute Gasteiger partial charge is 0.290 e. The number of amides is 1. The van der Waals surface area contributed by atoms with Gasteiger partial charge in [0.1, 0.15) is 0 Å². The molecular weight excluding hydrogens is 382 g/mol. The summed E-state index contributed by atoms with van der Waals surface area (Å²) in [5, 5.41) is 11.4. The highest BCUT2D eigenvalue weighted by molar-refractivity contribution is 7.93. The summed E-state index contributed by atoms with van der Waals surface area (Å²) in [4.78, 5) is 23.5. The highest BCUT2D eigenvalue weighted by Gasteiger charge is 2.29. The summed E-state index contributed by atoms with van der Waals surface area (Å²) in [5.41, 5.74) is -0.345. The third-order valence-corrected chi connectivity index (χ3v) is 5.31. The number of hydrogen-bond donors (Lipinski definition) is 1. The zero-order chi connectivity index (χ0) is 19.6. The van der Waals surface area contributed by atoms with Crippen molar-refractivity contribution in [1.82, 2.24) is 4.90 Å². The van der Waals surface area contributed by atoms with Gasteiger partial charge in [-0.2, -0.15) is 0 Å². The van der Waals surface area contributed by atoms with Crippen LogP contribution >= 0.6 is 11.6 Å². The molecule has 0 aliphatic heterocycles. The van der Waals surface area contributed by atoms with Crippen LogP contribution in [0.5, 0.6) is 0 Å². The second-order valence-corrected chi connectivity index (χ2v) is 7.73. The van der Waals surface area contributed by atoms with Crippen LogP contribution in [0.1, 0.15) is 15.9 Å². The van der Waals surface area contributed by atoms with Crippen LogP contribution in [0.25, 0.3) is 0 Å². The van der Waals surface area contributed by atoms with Crippen LogP contribution < -0.4 is 4.72 Å². The first-order valence-electron chi connectivity index (χ1n) is 7.32. The molecule has 0 heterocycles. The van der Waals surface area contributed by atoms with Crippen molar-refractivity contribution in [3.05, 3.63) is 62.7 Å². The van der Waals surface area contributed by atoms with Gasteiger partial charge in [-0.05, 0) is 30.7 Å². The molecule has 0 fully saturated rings. The monoisotopic (exact) mass is 397 g/mol. The van der Waals surface area contributed by atoms with E-state index >= 15 is 0 Å². The van der Waals surface area contributed by atoms with Crippen molar-refractivity contribution < 1.29 is 18.1 Å². The fraction of sp³-hybridized carbons (Fsp3) is 0.188. The topological polar surface area (TPSA) is 110 Å². The third-order valence-electron chi connectivity index (χ3n) is 3.52. The predicted molar refractivity (Wildman–Crippen MR) is 98.1 cm³/mol. The van der Waals surface area contributed by atoms with Gasteiger partial charge in [0.25, 0.3) is 21.6 Å². The average Bonchev–Trinajstić information content (AvgIpc) is 2.53. The van der Waals surface area contributed by atoms with E-state index in [1.807, 2.05) is 0 Å². The van der Waals surface area contributed by atoms with E-state index in [1.165, 1.54) is 56.3 Å². The highest BCUT2D eigenvalue weighted by atomic mass is 35.5. The van der Waals surface area contributed by atoms with E-state index in [4.69, 9.17) is 11.6 Å². The second-order valence-electron chi connectivity index (χ2n) is 5.68. The summed E-state index contributed by atoms with van der Waals surface area (Å²) in [6.45, 7) is 1.45. The van der Waals surface area contributed by atoms with Crippen LogP contribution in [0, 0.1) is 17.0 Å². The van der Waals surface area contributed by atoms with Crippen LogP contribution in [0.3, 0.4) is 0 Å². The molecule has 8 nitrogen and oxygen atoms in total. The number of rotatable bonds is 5. The van der Waals surface area contributed by atoms with Gasteiger partial charge in [0.2, 0.25) is 0 Å². The lowest BCUT2D eigenvalue weighted by Crippen LogP contribution is -2.24. The molecular formula is C16H16ClN3O5S. The maximum absolute atomic E-state index is 12.8. The number of nitrogens with zero attached hydrogens (tertiary/aromatic N) is 2. The minimum atomic E-state index is -4.34. The Morgan fingerprint density at radius 2 is 1.88 bits per heavy atom. The van der Waals surface area contributed by atoms with Crippen molar-refractivity contribution in [3.8, 4) is 0 Å². The Morgan fingerprint density at radius 1 is 1.23 bits per heavy atom. The molecule has 10 heteroatoms. The first-order valence-corrected chi connectivity index (χ1v) is 9.18. The van der Waals surface area contributed by atoms with E-state index in [0.717, 1.165) is 6.07 Å². The van der Waals surface area contributed by atoms with E-state index in [2.05, 4.69) is 4.72 Å². The number of benzene rings is 2. The Kier molecular flexibility index (Phi) is 5.53. The Morgan fingerprint density at radius 3 is 2.46 bits per heavy atom. The van der Waals surface area contributed by atoms with Crippen LogP contribution in [0.4, 0.5) is 11.4 Å². The van der Waals surface area contributed by atoms with Gasteiger partial charge in [-0.25, -0.2) is 8.42 Å². The minimum Gasteiger partial charge on any atom is -0.345 e. The summed E-state index contributed by atoms with van der Waals surface area (Å²) in [6, 6.07) is 8.06. The number of anilines is 1. The van der Waals surface area contributed by atoms with Gasteiger partial charge in [0.05, 0.1) is 16.2 Å². The molecule has 0 atom stereocenters. The maximum Gasteiger partial charge on any atom is 0.290 e. The van der Waals surface area contributed by atoms with Crippen LogP contribution in [0.2, 0.25) is 5.02 Å². The summed E-state index contributed by atoms with van der Waals surface area (Å²) >= 11 is 5.92. The Balaban J connectivity index is 2.61. The van der Waals surface area contributed by atoms with Crippen molar-refractivity contribution in [2.24, 2.45) is 0 Å². The molecule has 1 N–H and O–H groups in total. The molecule has 0 saturated heterocycles. The number of hydrogen-bond acceptors (Lipinski definition) is 5. The summed E-state index contributed by atoms with van der Waals surface area (Å²) in [5.74, 6) is -0.446. The first kappa shape index (κ1) is 19.7. The van der Waals surface area contributed by atoms with Gasteiger partial charge < -0.3 is 4.90 Å². The number of aryl methyl sites for hydroxylation is 1. The summed E-state index contributed by atoms with van der Waals surface area (Å²) in [7, 11) is -1.31. The Labute approximate surface area is 155 Å². The molecule has 0 bridgehead atoms. The number of carbonyl (C=O) groups excluding carboxylic acids is 1. The van der Waals surface area contributed by atoms with E-state index in [9.17, 15) is 23.3 Å². The van der Waals surface area contributed by atoms with E-state index in [0.29, 0.717) is 0 Å². The van der Waals surface area contributed by atoms with Crippen molar-refractivity contribution in [3.63, 3.8) is 0 Å². The fourth-order valence-electron chi connectivity index (χ4n) is 2.35. The van der Waals surface area contributed by atoms with Gasteiger partial charge in [0.15, 0.2) is 4.90 Å². The molecule has 0 spiro atoms. The van der Waals surface area contributed by atoms with Crippen LogP contribution in [-0.2, 0) is 10.0 Å². The molecule has 2 aromatic rings. The third kappa shape index (κ3) is 3.94. The minimum absolute atomic E-state index is 0.0613. The molecule has 1 amide bonds. The Hall–Kier alpha value is -2.65. The molecule has 0 radical (unpaired) electrons. The van der Waals surface area contributed by atoms with Gasteiger partial charge in [-0.1, -0.05) is 23.7 Å². The molecule has 2 rings (SSSR count). The Bertz CT molecular complexity index is 989. The molecule has 0 unspecified atom stereocenters. The quantitative estimate of drug-likeness (QED) is 0.615. The van der Waals surface area contributed by atoms with E-state index < -0.39 is 31.4 Å². The number of nitro benzene ring substituents is 1. The number of halogens is 1. The van der Waals surface area contributed by atoms with Crippen molar-refractivity contribution in [1.29, 1.82) is 0 Å². The lowest BCUT2D eigenvalue weighted by molar-refractivity contribution is -0.387. The zero-order valence-corrected chi connectivity index (χ0v) is 15.8. The zero-order valence-electron chi connectivity index (χ0n) is 14.2. The molecule has 138 valence electrons. The van der Waals surface area contributed by atoms with Gasteiger partial charge >= 0.3 is 0 Å². The maximum atomic E-state index is 12.8. The molecule has 26 heavy (non-hydrogen) atoms. The highest BCUT2D eigenvalue weighted by Crippen LogP contribution is 2.31. The predicted octanol–water partition coefficient (Wildman–Crippen LogP) is 3.06. The normalized spacial score (nSPS) is 11.1. The van der Waals surface area contributed by atoms with E-state index in [1.54, 1.807) is 0 Å². The second kappa shape index (κ2) is 7.30. The molecule has 2 aromatic carbocycles. The average molecular weight is 398 g/mol. The number of carbonyl (C=O) groups is 1. The van der Waals surface area contributed by atoms with Gasteiger partial charge in [0, 0.05) is 25.2 Å². The molecule has 0 aliphatic rings. The molecule has 0 aromatic heterocycles. The van der Waals surface area contributed by atoms with E-state index in [-0.39, 0.29) is 21.8 Å². The number of nitrogens with one attached hydrogen (secondary N) is 1. The van der Waals surface area contributed by atoms with Crippen LogP contribution in [-0.4, -0.2) is 38.2 Å². The van der Waals surface area contributed by atoms with Gasteiger partial charge in [-0.3, -0.25) is 19.6 Å². The fourth-order valence-corrected chi connectivity index (χ4v) is 4.00. The van der Waals surface area contributed by atoms with Crippen molar-refractivity contribution in [2.45, 2.75) is 11.8 Å². The van der Waals surface area contributed by atoms with Gasteiger partial charge in [-0.15, -0.1) is 0 Å². The SMILES string of the molecule is Cc1cccc([N+](=O)[O-])c1S(=O)(=O)Nc1cc(Cl)ccc1C(=O)N(C)C. The summed E-state index contributed by atoms with van der Waals surface area (Å²) < 4.78 is 27.9. The summed E-state index contributed by atoms with van der Waals surface area (Å²) in [6.07, 6.45) is 0. The first-order chi connectivity index (χ1) is 12.0. The lowest BCUT2D eigenvalue weighted by Gasteiger charge is -2.16. The van der Waals surface area contributed by atoms with Crippen LogP contribution in [0.15, 0.2) is 41.3 Å². The molecule has 0 saturated carbocycles. The molecule has 0 aliphatic carbocycles. The van der Waals surface area contributed by atoms with Crippen molar-refractivity contribution in [2.75, 3.05) is 18.8 Å². The lowest BCUT2D eigenvalue weighted by atomic mass is 10.1.